The Morgan fingerprint density at radius 1 is 1.07 bits per heavy atom. The van der Waals surface area contributed by atoms with E-state index in [0.717, 1.165) is 38.9 Å². The summed E-state index contributed by atoms with van der Waals surface area (Å²) in [6.07, 6.45) is 0. The second-order valence-corrected chi connectivity index (χ2v) is 8.23. The van der Waals surface area contributed by atoms with Crippen LogP contribution >= 0.6 is 23.4 Å². The topological polar surface area (TPSA) is 45.9 Å². The quantitative estimate of drug-likeness (QED) is 0.426. The van der Waals surface area contributed by atoms with E-state index in [2.05, 4.69) is 19.9 Å². The molecule has 28 heavy (non-hydrogen) atoms. The van der Waals surface area contributed by atoms with E-state index in [1.807, 2.05) is 54.6 Å². The number of pyridine rings is 1. The first-order valence-electron chi connectivity index (χ1n) is 9.00. The zero-order chi connectivity index (χ0) is 20.1. The van der Waals surface area contributed by atoms with Crippen LogP contribution in [0.4, 0.5) is 0 Å². The Kier molecular flexibility index (Phi) is 6.61. The van der Waals surface area contributed by atoms with Crippen molar-refractivity contribution in [3.05, 3.63) is 65.2 Å². The highest BCUT2D eigenvalue weighted by molar-refractivity contribution is 7.99. The Morgan fingerprint density at radius 3 is 2.29 bits per heavy atom. The number of thioether (sulfide) groups is 1. The number of rotatable bonds is 6. The highest BCUT2D eigenvalue weighted by Gasteiger charge is 2.16. The number of benzene rings is 2. The van der Waals surface area contributed by atoms with E-state index in [0.29, 0.717) is 16.5 Å². The molecule has 142 valence electrons. The molecule has 0 radical (unpaired) electrons. The number of hydrogen-bond acceptors (Lipinski definition) is 4. The summed E-state index contributed by atoms with van der Waals surface area (Å²) in [6, 6.07) is 19.7. The van der Waals surface area contributed by atoms with Crippen molar-refractivity contribution in [1.82, 2.24) is 4.98 Å². The van der Waals surface area contributed by atoms with Gasteiger partial charge in [-0.1, -0.05) is 37.6 Å². The van der Waals surface area contributed by atoms with E-state index in [9.17, 15) is 5.26 Å². The third-order valence-electron chi connectivity index (χ3n) is 4.19. The molecule has 0 fully saturated rings. The van der Waals surface area contributed by atoms with Crippen molar-refractivity contribution in [3.63, 3.8) is 0 Å². The highest BCUT2D eigenvalue weighted by atomic mass is 35.5. The van der Waals surface area contributed by atoms with Gasteiger partial charge in [0.1, 0.15) is 16.8 Å². The fraction of sp³-hybridized carbons (Fsp3) is 0.217. The Morgan fingerprint density at radius 2 is 1.71 bits per heavy atom. The lowest BCUT2D eigenvalue weighted by atomic mass is 9.99. The molecule has 0 saturated carbocycles. The van der Waals surface area contributed by atoms with Crippen LogP contribution < -0.4 is 4.74 Å². The molecule has 0 unspecified atom stereocenters. The first-order valence-corrected chi connectivity index (χ1v) is 10.4. The van der Waals surface area contributed by atoms with Gasteiger partial charge in [0, 0.05) is 21.9 Å². The van der Waals surface area contributed by atoms with Gasteiger partial charge in [-0.3, -0.25) is 0 Å². The average molecular weight is 409 g/mol. The largest absolute Gasteiger partial charge is 0.497 e. The third kappa shape index (κ3) is 4.67. The fourth-order valence-corrected chi connectivity index (χ4v) is 3.83. The maximum Gasteiger partial charge on any atom is 0.118 e. The molecule has 3 nitrogen and oxygen atoms in total. The van der Waals surface area contributed by atoms with Crippen LogP contribution in [0.2, 0.25) is 5.02 Å². The van der Waals surface area contributed by atoms with E-state index in [-0.39, 0.29) is 0 Å². The van der Waals surface area contributed by atoms with Gasteiger partial charge in [0.05, 0.1) is 18.4 Å². The fourth-order valence-electron chi connectivity index (χ4n) is 2.75. The lowest BCUT2D eigenvalue weighted by molar-refractivity contribution is 0.415. The summed E-state index contributed by atoms with van der Waals surface area (Å²) in [7, 11) is 1.65. The first kappa shape index (κ1) is 20.3. The molecule has 0 aliphatic carbocycles. The van der Waals surface area contributed by atoms with Gasteiger partial charge in [-0.25, -0.2) is 4.98 Å². The number of halogens is 1. The van der Waals surface area contributed by atoms with Crippen molar-refractivity contribution in [2.75, 3.05) is 12.9 Å². The number of methoxy groups -OCH3 is 1. The van der Waals surface area contributed by atoms with Gasteiger partial charge in [-0.2, -0.15) is 5.26 Å². The molecule has 1 aromatic heterocycles. The minimum absolute atomic E-state index is 0.502. The summed E-state index contributed by atoms with van der Waals surface area (Å²) in [5, 5.41) is 11.3. The van der Waals surface area contributed by atoms with Gasteiger partial charge in [0.15, 0.2) is 0 Å². The maximum absolute atomic E-state index is 9.86. The molecule has 0 saturated heterocycles. The Balaban J connectivity index is 2.16. The van der Waals surface area contributed by atoms with E-state index < -0.39 is 0 Å². The van der Waals surface area contributed by atoms with E-state index in [1.54, 1.807) is 18.9 Å². The number of ether oxygens (including phenoxy) is 1. The van der Waals surface area contributed by atoms with Crippen molar-refractivity contribution in [3.8, 4) is 34.2 Å². The highest BCUT2D eigenvalue weighted by Crippen LogP contribution is 2.35. The van der Waals surface area contributed by atoms with Crippen molar-refractivity contribution >= 4 is 23.4 Å². The van der Waals surface area contributed by atoms with Crippen LogP contribution in [-0.2, 0) is 0 Å². The second kappa shape index (κ2) is 9.14. The summed E-state index contributed by atoms with van der Waals surface area (Å²) < 4.78 is 5.25. The van der Waals surface area contributed by atoms with Crippen molar-refractivity contribution in [1.29, 1.82) is 5.26 Å². The van der Waals surface area contributed by atoms with Crippen molar-refractivity contribution in [2.24, 2.45) is 5.92 Å². The van der Waals surface area contributed by atoms with Crippen molar-refractivity contribution in [2.45, 2.75) is 18.9 Å². The second-order valence-electron chi connectivity index (χ2n) is 6.79. The van der Waals surface area contributed by atoms with Gasteiger partial charge in [-0.05, 0) is 53.9 Å². The molecule has 0 aliphatic rings. The zero-order valence-electron chi connectivity index (χ0n) is 16.1. The summed E-state index contributed by atoms with van der Waals surface area (Å²) in [4.78, 5) is 4.82. The molecule has 3 rings (SSSR count). The number of aromatic nitrogens is 1. The molecular formula is C23H21ClN2OS. The van der Waals surface area contributed by atoms with Gasteiger partial charge >= 0.3 is 0 Å². The van der Waals surface area contributed by atoms with Crippen LogP contribution in [0.1, 0.15) is 19.4 Å². The zero-order valence-corrected chi connectivity index (χ0v) is 17.6. The lowest BCUT2D eigenvalue weighted by Crippen LogP contribution is -1.98. The van der Waals surface area contributed by atoms with Crippen LogP contribution in [0.3, 0.4) is 0 Å². The smallest absolute Gasteiger partial charge is 0.118 e. The van der Waals surface area contributed by atoms with E-state index in [1.165, 1.54) is 0 Å². The maximum atomic E-state index is 9.86. The minimum atomic E-state index is 0.502. The predicted octanol–water partition coefficient (Wildman–Crippen LogP) is 6.70. The standard InChI is InChI=1S/C23H21ClN2OS/c1-15(2)14-28-23-21(13-25)20(16-4-8-18(24)9-5-16)12-22(26-23)17-6-10-19(27-3)11-7-17/h4-12,15H,14H2,1-3H3. The van der Waals surface area contributed by atoms with Gasteiger partial charge in [-0.15, -0.1) is 11.8 Å². The van der Waals surface area contributed by atoms with Gasteiger partial charge in [0.25, 0.3) is 0 Å². The first-order chi connectivity index (χ1) is 13.5. The Hall–Kier alpha value is -2.48. The summed E-state index contributed by atoms with van der Waals surface area (Å²) in [5.74, 6) is 2.19. The SMILES string of the molecule is COc1ccc(-c2cc(-c3ccc(Cl)cc3)c(C#N)c(SCC(C)C)n2)cc1. The van der Waals surface area contributed by atoms with Crippen molar-refractivity contribution < 1.29 is 4.74 Å². The third-order valence-corrected chi connectivity index (χ3v) is 5.85. The van der Waals surface area contributed by atoms with Crippen LogP contribution in [0.15, 0.2) is 59.6 Å². The molecule has 5 heteroatoms. The van der Waals surface area contributed by atoms with Crippen LogP contribution in [0.25, 0.3) is 22.4 Å². The van der Waals surface area contributed by atoms with E-state index >= 15 is 0 Å². The summed E-state index contributed by atoms with van der Waals surface area (Å²) >= 11 is 7.67. The molecule has 3 aromatic rings. The number of hydrogen-bond donors (Lipinski definition) is 0. The number of nitriles is 1. The molecule has 2 aromatic carbocycles. The monoisotopic (exact) mass is 408 g/mol. The lowest BCUT2D eigenvalue weighted by Gasteiger charge is -2.13. The van der Waals surface area contributed by atoms with Crippen LogP contribution in [0, 0.1) is 17.2 Å². The number of nitrogens with zero attached hydrogens (tertiary/aromatic N) is 2. The Labute approximate surface area is 175 Å². The molecule has 0 N–H and O–H groups in total. The normalized spacial score (nSPS) is 10.7. The molecule has 0 atom stereocenters. The summed E-state index contributed by atoms with van der Waals surface area (Å²) in [6.45, 7) is 4.32. The average Bonchev–Trinajstić information content (AvgIpc) is 2.72. The van der Waals surface area contributed by atoms with Gasteiger partial charge in [0.2, 0.25) is 0 Å². The molecule has 0 amide bonds. The molecule has 0 aliphatic heterocycles. The predicted molar refractivity (Wildman–Crippen MR) is 117 cm³/mol. The Bertz CT molecular complexity index is 993. The van der Waals surface area contributed by atoms with Crippen LogP contribution in [0.5, 0.6) is 5.75 Å². The molecule has 0 bridgehead atoms. The molecule has 0 spiro atoms. The van der Waals surface area contributed by atoms with E-state index in [4.69, 9.17) is 21.3 Å². The minimum Gasteiger partial charge on any atom is -0.497 e. The van der Waals surface area contributed by atoms with Gasteiger partial charge < -0.3 is 4.74 Å². The summed E-state index contributed by atoms with van der Waals surface area (Å²) in [5.41, 5.74) is 4.23. The van der Waals surface area contributed by atoms with Crippen LogP contribution in [-0.4, -0.2) is 17.8 Å². The molecule has 1 heterocycles. The molecular weight excluding hydrogens is 388 g/mol.